The summed E-state index contributed by atoms with van der Waals surface area (Å²) >= 11 is 1.57. The van der Waals surface area contributed by atoms with Gasteiger partial charge < -0.3 is 9.64 Å². The quantitative estimate of drug-likeness (QED) is 0.543. The van der Waals surface area contributed by atoms with Crippen LogP contribution < -0.4 is 9.64 Å². The first kappa shape index (κ1) is 22.8. The van der Waals surface area contributed by atoms with Gasteiger partial charge in [0.2, 0.25) is 10.0 Å². The molecule has 0 aliphatic carbocycles. The summed E-state index contributed by atoms with van der Waals surface area (Å²) in [5, 5.41) is 2.92. The second kappa shape index (κ2) is 8.84. The van der Waals surface area contributed by atoms with Crippen LogP contribution in [0.15, 0.2) is 58.8 Å². The van der Waals surface area contributed by atoms with Crippen LogP contribution in [-0.2, 0) is 15.4 Å². The number of hydrogen-bond donors (Lipinski definition) is 0. The molecule has 170 valence electrons. The molecule has 2 heterocycles. The number of hydrogen-bond acceptors (Lipinski definition) is 6. The number of anilines is 1. The minimum absolute atomic E-state index is 0.00968. The first-order valence-electron chi connectivity index (χ1n) is 10.6. The van der Waals surface area contributed by atoms with Gasteiger partial charge in [0.1, 0.15) is 5.75 Å². The van der Waals surface area contributed by atoms with E-state index in [1.54, 1.807) is 34.9 Å². The molecular formula is C24H29N3O3S2. The van der Waals surface area contributed by atoms with E-state index in [2.05, 4.69) is 25.7 Å². The molecule has 2 aromatic carbocycles. The fourth-order valence-corrected chi connectivity index (χ4v) is 6.09. The van der Waals surface area contributed by atoms with Crippen molar-refractivity contribution < 1.29 is 13.2 Å². The highest BCUT2D eigenvalue weighted by Crippen LogP contribution is 2.34. The van der Waals surface area contributed by atoms with E-state index in [-0.39, 0.29) is 5.41 Å². The van der Waals surface area contributed by atoms with Crippen LogP contribution in [-0.4, -0.2) is 51.0 Å². The maximum atomic E-state index is 13.1. The van der Waals surface area contributed by atoms with Crippen molar-refractivity contribution in [3.05, 3.63) is 59.5 Å². The van der Waals surface area contributed by atoms with Gasteiger partial charge in [-0.15, -0.1) is 11.3 Å². The molecule has 1 saturated heterocycles. The highest BCUT2D eigenvalue weighted by Gasteiger charge is 2.30. The Labute approximate surface area is 194 Å². The molecule has 4 rings (SSSR count). The highest BCUT2D eigenvalue weighted by atomic mass is 32.2. The van der Waals surface area contributed by atoms with Gasteiger partial charge in [0.15, 0.2) is 5.13 Å². The van der Waals surface area contributed by atoms with Crippen molar-refractivity contribution in [2.45, 2.75) is 31.1 Å². The lowest BCUT2D eigenvalue weighted by Gasteiger charge is -2.33. The van der Waals surface area contributed by atoms with Gasteiger partial charge >= 0.3 is 0 Å². The summed E-state index contributed by atoms with van der Waals surface area (Å²) < 4.78 is 33.3. The number of aromatic nitrogens is 1. The number of benzene rings is 2. The summed E-state index contributed by atoms with van der Waals surface area (Å²) in [6, 6.07) is 15.1. The Balaban J connectivity index is 1.45. The number of rotatable bonds is 5. The van der Waals surface area contributed by atoms with Gasteiger partial charge in [-0.25, -0.2) is 13.4 Å². The van der Waals surface area contributed by atoms with Gasteiger partial charge in [0.05, 0.1) is 17.7 Å². The van der Waals surface area contributed by atoms with Crippen molar-refractivity contribution in [1.82, 2.24) is 9.29 Å². The van der Waals surface area contributed by atoms with E-state index in [0.717, 1.165) is 27.7 Å². The molecule has 0 N–H and O–H groups in total. The van der Waals surface area contributed by atoms with Crippen LogP contribution in [0.1, 0.15) is 26.3 Å². The largest absolute Gasteiger partial charge is 0.496 e. The lowest BCUT2D eigenvalue weighted by atomic mass is 9.87. The average Bonchev–Trinajstić information content (AvgIpc) is 3.29. The molecule has 8 heteroatoms. The number of nitrogens with zero attached hydrogens (tertiary/aromatic N) is 3. The predicted molar refractivity (Wildman–Crippen MR) is 130 cm³/mol. The van der Waals surface area contributed by atoms with Crippen LogP contribution >= 0.6 is 11.3 Å². The van der Waals surface area contributed by atoms with Crippen molar-refractivity contribution in [3.8, 4) is 17.0 Å². The summed E-state index contributed by atoms with van der Waals surface area (Å²) in [6.45, 7) is 8.45. The Kier molecular flexibility index (Phi) is 6.29. The SMILES string of the molecule is COc1ccccc1-c1csc(N2CCN(S(=O)(=O)c3ccc(C(C)(C)C)cc3)CC2)n1. The minimum Gasteiger partial charge on any atom is -0.496 e. The topological polar surface area (TPSA) is 62.7 Å². The van der Waals surface area contributed by atoms with Crippen LogP contribution in [0.25, 0.3) is 11.3 Å². The zero-order valence-corrected chi connectivity index (χ0v) is 20.5. The van der Waals surface area contributed by atoms with Crippen molar-refractivity contribution in [2.24, 2.45) is 0 Å². The van der Waals surface area contributed by atoms with Gasteiger partial charge in [-0.3, -0.25) is 0 Å². The molecular weight excluding hydrogens is 442 g/mol. The molecule has 6 nitrogen and oxygen atoms in total. The molecule has 1 fully saturated rings. The number of thiazole rings is 1. The fourth-order valence-electron chi connectivity index (χ4n) is 3.79. The smallest absolute Gasteiger partial charge is 0.243 e. The summed E-state index contributed by atoms with van der Waals surface area (Å²) in [4.78, 5) is 7.29. The Morgan fingerprint density at radius 3 is 2.25 bits per heavy atom. The third-order valence-corrected chi connectivity index (χ3v) is 8.56. The fraction of sp³-hybridized carbons (Fsp3) is 0.375. The van der Waals surface area contributed by atoms with Crippen LogP contribution in [0, 0.1) is 0 Å². The molecule has 1 aliphatic heterocycles. The molecule has 1 aliphatic rings. The lowest BCUT2D eigenvalue weighted by Crippen LogP contribution is -2.48. The summed E-state index contributed by atoms with van der Waals surface area (Å²) in [7, 11) is -1.85. The molecule has 0 amide bonds. The molecule has 0 atom stereocenters. The van der Waals surface area contributed by atoms with E-state index in [1.807, 2.05) is 41.8 Å². The predicted octanol–water partition coefficient (Wildman–Crippen LogP) is 4.63. The molecule has 0 radical (unpaired) electrons. The standard InChI is InChI=1S/C24H29N3O3S2/c1-24(2,3)18-9-11-19(12-10-18)32(28,29)27-15-13-26(14-16-27)23-25-21(17-31-23)20-7-5-6-8-22(20)30-4/h5-12,17H,13-16H2,1-4H3. The second-order valence-electron chi connectivity index (χ2n) is 8.88. The van der Waals surface area contributed by atoms with E-state index in [0.29, 0.717) is 31.1 Å². The highest BCUT2D eigenvalue weighted by molar-refractivity contribution is 7.89. The van der Waals surface area contributed by atoms with Gasteiger partial charge in [-0.2, -0.15) is 4.31 Å². The maximum Gasteiger partial charge on any atom is 0.243 e. The van der Waals surface area contributed by atoms with E-state index in [1.165, 1.54) is 0 Å². The van der Waals surface area contributed by atoms with Crippen molar-refractivity contribution in [1.29, 1.82) is 0 Å². The maximum absolute atomic E-state index is 13.1. The number of piperazine rings is 1. The van der Waals surface area contributed by atoms with Crippen molar-refractivity contribution in [2.75, 3.05) is 38.2 Å². The summed E-state index contributed by atoms with van der Waals surface area (Å²) in [5.74, 6) is 0.790. The molecule has 3 aromatic rings. The van der Waals surface area contributed by atoms with Gasteiger partial charge in [0, 0.05) is 37.1 Å². The van der Waals surface area contributed by atoms with Gasteiger partial charge in [0.25, 0.3) is 0 Å². The third-order valence-electron chi connectivity index (χ3n) is 5.74. The van der Waals surface area contributed by atoms with E-state index < -0.39 is 10.0 Å². The van der Waals surface area contributed by atoms with Gasteiger partial charge in [-0.05, 0) is 35.2 Å². The summed E-state index contributed by atoms with van der Waals surface area (Å²) in [5.41, 5.74) is 2.94. The number of para-hydroxylation sites is 1. The molecule has 32 heavy (non-hydrogen) atoms. The molecule has 0 bridgehead atoms. The van der Waals surface area contributed by atoms with E-state index >= 15 is 0 Å². The van der Waals surface area contributed by atoms with Crippen LogP contribution in [0.4, 0.5) is 5.13 Å². The monoisotopic (exact) mass is 471 g/mol. The Bertz CT molecular complexity index is 1170. The van der Waals surface area contributed by atoms with Gasteiger partial charge in [-0.1, -0.05) is 45.0 Å². The Morgan fingerprint density at radius 2 is 1.62 bits per heavy atom. The number of ether oxygens (including phenoxy) is 1. The normalized spacial score (nSPS) is 15.7. The van der Waals surface area contributed by atoms with E-state index in [4.69, 9.17) is 9.72 Å². The minimum atomic E-state index is -3.50. The first-order valence-corrected chi connectivity index (χ1v) is 13.0. The molecule has 0 unspecified atom stereocenters. The van der Waals surface area contributed by atoms with Crippen molar-refractivity contribution >= 4 is 26.5 Å². The molecule has 0 saturated carbocycles. The summed E-state index contributed by atoms with van der Waals surface area (Å²) in [6.07, 6.45) is 0. The van der Waals surface area contributed by atoms with Crippen LogP contribution in [0.2, 0.25) is 0 Å². The lowest BCUT2D eigenvalue weighted by molar-refractivity contribution is 0.384. The zero-order valence-electron chi connectivity index (χ0n) is 18.9. The second-order valence-corrected chi connectivity index (χ2v) is 11.7. The molecule has 1 aromatic heterocycles. The average molecular weight is 472 g/mol. The third kappa shape index (κ3) is 4.53. The Hall–Kier alpha value is -2.42. The zero-order chi connectivity index (χ0) is 22.9. The Morgan fingerprint density at radius 1 is 0.969 bits per heavy atom. The number of methoxy groups -OCH3 is 1. The van der Waals surface area contributed by atoms with Crippen molar-refractivity contribution in [3.63, 3.8) is 0 Å². The van der Waals surface area contributed by atoms with E-state index in [9.17, 15) is 8.42 Å². The first-order chi connectivity index (χ1) is 15.2. The molecule has 0 spiro atoms. The van der Waals surface area contributed by atoms with Crippen LogP contribution in [0.3, 0.4) is 0 Å². The number of sulfonamides is 1. The van der Waals surface area contributed by atoms with Crippen LogP contribution in [0.5, 0.6) is 5.75 Å².